The molecule has 4 heteroatoms. The molecule has 1 aromatic rings. The van der Waals surface area contributed by atoms with E-state index in [1.54, 1.807) is 18.2 Å². The summed E-state index contributed by atoms with van der Waals surface area (Å²) in [6.45, 7) is 1.55. The third-order valence-corrected chi connectivity index (χ3v) is 4.81. The molecule has 3 unspecified atom stereocenters. The van der Waals surface area contributed by atoms with Crippen molar-refractivity contribution in [1.29, 1.82) is 0 Å². The maximum atomic E-state index is 13.6. The fourth-order valence-corrected chi connectivity index (χ4v) is 3.64. The van der Waals surface area contributed by atoms with Gasteiger partial charge >= 0.3 is 0 Å². The fourth-order valence-electron chi connectivity index (χ4n) is 3.64. The van der Waals surface area contributed by atoms with Gasteiger partial charge in [0.15, 0.2) is 0 Å². The molecule has 20 heavy (non-hydrogen) atoms. The van der Waals surface area contributed by atoms with Crippen molar-refractivity contribution in [2.45, 2.75) is 31.7 Å². The Morgan fingerprint density at radius 1 is 1.30 bits per heavy atom. The Morgan fingerprint density at radius 3 is 2.85 bits per heavy atom. The smallest absolute Gasteiger partial charge is 0.227 e. The van der Waals surface area contributed by atoms with E-state index in [4.69, 9.17) is 5.73 Å². The summed E-state index contributed by atoms with van der Waals surface area (Å²) in [7, 11) is 0. The zero-order chi connectivity index (χ0) is 14.1. The summed E-state index contributed by atoms with van der Waals surface area (Å²) in [5.41, 5.74) is 6.64. The van der Waals surface area contributed by atoms with Crippen LogP contribution in [0.1, 0.15) is 24.8 Å². The van der Waals surface area contributed by atoms with Crippen LogP contribution in [-0.4, -0.2) is 29.9 Å². The third-order valence-electron chi connectivity index (χ3n) is 4.81. The number of amides is 1. The molecule has 1 saturated carbocycles. The normalized spacial score (nSPS) is 29.3. The van der Waals surface area contributed by atoms with Crippen LogP contribution in [0.2, 0.25) is 0 Å². The van der Waals surface area contributed by atoms with Crippen LogP contribution in [0.25, 0.3) is 0 Å². The van der Waals surface area contributed by atoms with Crippen LogP contribution in [0, 0.1) is 17.7 Å². The van der Waals surface area contributed by atoms with E-state index in [9.17, 15) is 9.18 Å². The van der Waals surface area contributed by atoms with Crippen molar-refractivity contribution < 1.29 is 9.18 Å². The molecule has 2 aliphatic rings. The molecule has 3 nitrogen and oxygen atoms in total. The lowest BCUT2D eigenvalue weighted by molar-refractivity contribution is -0.129. The molecule has 0 aromatic heterocycles. The first-order chi connectivity index (χ1) is 9.65. The first-order valence-electron chi connectivity index (χ1n) is 7.42. The molecule has 0 spiro atoms. The summed E-state index contributed by atoms with van der Waals surface area (Å²) in [6.07, 6.45) is 3.55. The topological polar surface area (TPSA) is 46.3 Å². The Hall–Kier alpha value is -1.42. The highest BCUT2D eigenvalue weighted by molar-refractivity contribution is 5.79. The molecule has 3 rings (SSSR count). The molecule has 1 aliphatic carbocycles. The Bertz CT molecular complexity index is 505. The molecule has 0 bridgehead atoms. The average Bonchev–Trinajstić information content (AvgIpc) is 2.87. The van der Waals surface area contributed by atoms with Gasteiger partial charge in [-0.2, -0.15) is 0 Å². The largest absolute Gasteiger partial charge is 0.342 e. The van der Waals surface area contributed by atoms with Crippen LogP contribution in [0.3, 0.4) is 0 Å². The Balaban J connectivity index is 1.66. The van der Waals surface area contributed by atoms with Crippen molar-refractivity contribution in [1.82, 2.24) is 4.90 Å². The fraction of sp³-hybridized carbons (Fsp3) is 0.562. The predicted molar refractivity (Wildman–Crippen MR) is 75.5 cm³/mol. The highest BCUT2D eigenvalue weighted by atomic mass is 19.1. The van der Waals surface area contributed by atoms with E-state index in [-0.39, 0.29) is 24.2 Å². The van der Waals surface area contributed by atoms with Gasteiger partial charge < -0.3 is 10.6 Å². The molecule has 1 heterocycles. The van der Waals surface area contributed by atoms with E-state index in [1.807, 2.05) is 4.90 Å². The van der Waals surface area contributed by atoms with Gasteiger partial charge in [-0.15, -0.1) is 0 Å². The number of carbonyl (C=O) groups excluding carboxylic acids is 1. The maximum Gasteiger partial charge on any atom is 0.227 e. The highest BCUT2D eigenvalue weighted by Crippen LogP contribution is 2.35. The van der Waals surface area contributed by atoms with Gasteiger partial charge in [0.2, 0.25) is 5.91 Å². The number of carbonyl (C=O) groups is 1. The number of hydrogen-bond acceptors (Lipinski definition) is 2. The minimum absolute atomic E-state index is 0.0247. The summed E-state index contributed by atoms with van der Waals surface area (Å²) >= 11 is 0. The van der Waals surface area contributed by atoms with E-state index in [2.05, 4.69) is 0 Å². The van der Waals surface area contributed by atoms with Gasteiger partial charge in [-0.1, -0.05) is 24.6 Å². The van der Waals surface area contributed by atoms with Crippen LogP contribution < -0.4 is 5.73 Å². The lowest BCUT2D eigenvalue weighted by atomic mass is 9.78. The second-order valence-corrected chi connectivity index (χ2v) is 6.09. The molecule has 1 amide bonds. The molecule has 1 aliphatic heterocycles. The average molecular weight is 276 g/mol. The molecule has 3 atom stereocenters. The maximum absolute atomic E-state index is 13.6. The second kappa shape index (κ2) is 5.52. The van der Waals surface area contributed by atoms with Crippen molar-refractivity contribution in [3.63, 3.8) is 0 Å². The quantitative estimate of drug-likeness (QED) is 0.897. The summed E-state index contributed by atoms with van der Waals surface area (Å²) in [5.74, 6) is 0.711. The van der Waals surface area contributed by atoms with Crippen LogP contribution >= 0.6 is 0 Å². The van der Waals surface area contributed by atoms with Crippen LogP contribution in [0.4, 0.5) is 4.39 Å². The molecule has 108 valence electrons. The number of fused-ring (bicyclic) bond motifs is 1. The first kappa shape index (κ1) is 13.6. The van der Waals surface area contributed by atoms with Gasteiger partial charge in [0.05, 0.1) is 6.42 Å². The van der Waals surface area contributed by atoms with Crippen molar-refractivity contribution in [2.75, 3.05) is 13.1 Å². The van der Waals surface area contributed by atoms with E-state index in [0.717, 1.165) is 25.9 Å². The van der Waals surface area contributed by atoms with Crippen molar-refractivity contribution >= 4 is 5.91 Å². The van der Waals surface area contributed by atoms with E-state index in [1.165, 1.54) is 12.5 Å². The molecule has 1 saturated heterocycles. The van der Waals surface area contributed by atoms with Crippen molar-refractivity contribution in [2.24, 2.45) is 17.6 Å². The molecule has 2 fully saturated rings. The summed E-state index contributed by atoms with van der Waals surface area (Å²) in [6, 6.07) is 6.72. The highest BCUT2D eigenvalue weighted by Gasteiger charge is 2.40. The van der Waals surface area contributed by atoms with Gasteiger partial charge in [0, 0.05) is 19.1 Å². The van der Waals surface area contributed by atoms with Gasteiger partial charge in [-0.05, 0) is 36.3 Å². The third kappa shape index (κ3) is 2.57. The number of benzene rings is 1. The molecular weight excluding hydrogens is 255 g/mol. The van der Waals surface area contributed by atoms with E-state index in [0.29, 0.717) is 17.4 Å². The zero-order valence-corrected chi connectivity index (χ0v) is 11.6. The van der Waals surface area contributed by atoms with Crippen molar-refractivity contribution in [3.05, 3.63) is 35.6 Å². The number of nitrogens with zero attached hydrogens (tertiary/aromatic N) is 1. The number of hydrogen-bond donors (Lipinski definition) is 1. The van der Waals surface area contributed by atoms with E-state index < -0.39 is 0 Å². The second-order valence-electron chi connectivity index (χ2n) is 6.09. The number of nitrogens with two attached hydrogens (primary N) is 1. The number of halogens is 1. The minimum atomic E-state index is -0.297. The predicted octanol–water partition coefficient (Wildman–Crippen LogP) is 1.95. The van der Waals surface area contributed by atoms with Gasteiger partial charge in [-0.3, -0.25) is 4.79 Å². The van der Waals surface area contributed by atoms with Gasteiger partial charge in [0.25, 0.3) is 0 Å². The molecule has 2 N–H and O–H groups in total. The molecular formula is C16H21FN2O. The van der Waals surface area contributed by atoms with Gasteiger partial charge in [0.1, 0.15) is 5.82 Å². The van der Waals surface area contributed by atoms with Crippen molar-refractivity contribution in [3.8, 4) is 0 Å². The van der Waals surface area contributed by atoms with Crippen LogP contribution in [-0.2, 0) is 11.2 Å². The SMILES string of the molecule is NC1CCCC2CN(C(=O)Cc3ccccc3F)CC12. The lowest BCUT2D eigenvalue weighted by Crippen LogP contribution is -2.38. The summed E-state index contributed by atoms with van der Waals surface area (Å²) in [5, 5.41) is 0. The Labute approximate surface area is 118 Å². The molecule has 0 radical (unpaired) electrons. The lowest BCUT2D eigenvalue weighted by Gasteiger charge is -2.29. The van der Waals surface area contributed by atoms with Crippen LogP contribution in [0.15, 0.2) is 24.3 Å². The Morgan fingerprint density at radius 2 is 2.10 bits per heavy atom. The summed E-state index contributed by atoms with van der Waals surface area (Å²) < 4.78 is 13.6. The zero-order valence-electron chi connectivity index (χ0n) is 11.6. The Kier molecular flexibility index (Phi) is 3.74. The standard InChI is InChI=1S/C16H21FN2O/c17-14-6-2-1-4-11(14)8-16(20)19-9-12-5-3-7-15(18)13(12)10-19/h1-2,4,6,12-13,15H,3,5,7-10,18H2. The van der Waals surface area contributed by atoms with Crippen LogP contribution in [0.5, 0.6) is 0 Å². The minimum Gasteiger partial charge on any atom is -0.342 e. The first-order valence-corrected chi connectivity index (χ1v) is 7.42. The van der Waals surface area contributed by atoms with E-state index >= 15 is 0 Å². The number of likely N-dealkylation sites (tertiary alicyclic amines) is 1. The van der Waals surface area contributed by atoms with Gasteiger partial charge in [-0.25, -0.2) is 4.39 Å². The summed E-state index contributed by atoms with van der Waals surface area (Å²) in [4.78, 5) is 14.2. The monoisotopic (exact) mass is 276 g/mol. The number of rotatable bonds is 2. The molecule has 1 aromatic carbocycles.